The Labute approximate surface area is 117 Å². The van der Waals surface area contributed by atoms with Crippen molar-refractivity contribution in [3.05, 3.63) is 66.5 Å². The van der Waals surface area contributed by atoms with E-state index in [4.69, 9.17) is 10.5 Å². The molecule has 0 bridgehead atoms. The fourth-order valence-electron chi connectivity index (χ4n) is 1.87. The van der Waals surface area contributed by atoms with Gasteiger partial charge in [-0.15, -0.1) is 0 Å². The van der Waals surface area contributed by atoms with Crippen LogP contribution < -0.4 is 10.5 Å². The molecule has 0 aliphatic heterocycles. The Bertz CT molecular complexity index is 699. The van der Waals surface area contributed by atoms with E-state index in [1.165, 1.54) is 5.56 Å². The highest BCUT2D eigenvalue weighted by molar-refractivity contribution is 5.43. The molecule has 0 amide bonds. The van der Waals surface area contributed by atoms with Crippen molar-refractivity contribution in [2.75, 3.05) is 5.73 Å². The monoisotopic (exact) mass is 265 g/mol. The topological polar surface area (TPSA) is 53.1 Å². The van der Waals surface area contributed by atoms with Gasteiger partial charge in [-0.25, -0.2) is 4.68 Å². The average molecular weight is 265 g/mol. The van der Waals surface area contributed by atoms with E-state index in [0.29, 0.717) is 11.4 Å². The second kappa shape index (κ2) is 5.09. The van der Waals surface area contributed by atoms with Crippen LogP contribution in [0.3, 0.4) is 0 Å². The molecule has 2 N–H and O–H groups in total. The number of rotatable bonds is 3. The van der Waals surface area contributed by atoms with Crippen LogP contribution in [-0.4, -0.2) is 9.78 Å². The Hall–Kier alpha value is -2.75. The van der Waals surface area contributed by atoms with Gasteiger partial charge in [-0.1, -0.05) is 17.7 Å². The summed E-state index contributed by atoms with van der Waals surface area (Å²) in [6, 6.07) is 15.4. The molecule has 0 aliphatic rings. The minimum absolute atomic E-state index is 0.690. The first kappa shape index (κ1) is 12.3. The van der Waals surface area contributed by atoms with E-state index in [9.17, 15) is 0 Å². The number of aryl methyl sites for hydroxylation is 1. The van der Waals surface area contributed by atoms with E-state index in [1.54, 1.807) is 23.0 Å². The van der Waals surface area contributed by atoms with Crippen LogP contribution in [0.4, 0.5) is 5.69 Å². The maximum atomic E-state index is 5.72. The average Bonchev–Trinajstić information content (AvgIpc) is 2.91. The number of hydrogen-bond donors (Lipinski definition) is 1. The number of ether oxygens (including phenoxy) is 1. The summed E-state index contributed by atoms with van der Waals surface area (Å²) in [4.78, 5) is 0. The molecule has 1 aromatic heterocycles. The molecule has 3 rings (SSSR count). The molecule has 1 heterocycles. The number of anilines is 1. The van der Waals surface area contributed by atoms with E-state index in [-0.39, 0.29) is 0 Å². The number of nitrogens with zero attached hydrogens (tertiary/aromatic N) is 2. The van der Waals surface area contributed by atoms with E-state index in [2.05, 4.69) is 24.2 Å². The molecular weight excluding hydrogens is 250 g/mol. The molecule has 0 fully saturated rings. The maximum absolute atomic E-state index is 5.72. The summed E-state index contributed by atoms with van der Waals surface area (Å²) in [6.45, 7) is 2.06. The smallest absolute Gasteiger partial charge is 0.165 e. The van der Waals surface area contributed by atoms with Crippen LogP contribution in [0.15, 0.2) is 60.9 Å². The minimum Gasteiger partial charge on any atom is -0.454 e. The van der Waals surface area contributed by atoms with Gasteiger partial charge in [0.15, 0.2) is 5.75 Å². The van der Waals surface area contributed by atoms with E-state index < -0.39 is 0 Å². The van der Waals surface area contributed by atoms with E-state index in [1.807, 2.05) is 30.5 Å². The van der Waals surface area contributed by atoms with Crippen LogP contribution in [0, 0.1) is 6.92 Å². The van der Waals surface area contributed by atoms with Crippen LogP contribution >= 0.6 is 0 Å². The highest BCUT2D eigenvalue weighted by atomic mass is 16.5. The van der Waals surface area contributed by atoms with Crippen molar-refractivity contribution < 1.29 is 4.74 Å². The van der Waals surface area contributed by atoms with Gasteiger partial charge in [0.2, 0.25) is 0 Å². The number of aromatic nitrogens is 2. The predicted octanol–water partition coefficient (Wildman–Crippen LogP) is 3.56. The van der Waals surface area contributed by atoms with Crippen molar-refractivity contribution in [2.24, 2.45) is 0 Å². The number of nitrogens with two attached hydrogens (primary N) is 1. The lowest BCUT2D eigenvalue weighted by Gasteiger charge is -2.03. The summed E-state index contributed by atoms with van der Waals surface area (Å²) in [6.07, 6.45) is 3.54. The summed E-state index contributed by atoms with van der Waals surface area (Å²) in [5, 5.41) is 4.30. The van der Waals surface area contributed by atoms with Crippen molar-refractivity contribution in [1.29, 1.82) is 0 Å². The number of nitrogen functional groups attached to an aromatic ring is 1. The molecule has 4 heteroatoms. The van der Waals surface area contributed by atoms with Crippen LogP contribution in [-0.2, 0) is 0 Å². The Kier molecular flexibility index (Phi) is 3.13. The second-order valence-corrected chi connectivity index (χ2v) is 4.63. The van der Waals surface area contributed by atoms with Crippen LogP contribution in [0.5, 0.6) is 11.5 Å². The van der Waals surface area contributed by atoms with E-state index in [0.717, 1.165) is 11.4 Å². The largest absolute Gasteiger partial charge is 0.454 e. The molecule has 0 radical (unpaired) electrons. The first-order chi connectivity index (χ1) is 9.70. The molecular formula is C16H15N3O. The van der Waals surface area contributed by atoms with Crippen LogP contribution in [0.2, 0.25) is 0 Å². The number of benzene rings is 2. The molecule has 2 aromatic carbocycles. The lowest BCUT2D eigenvalue weighted by atomic mass is 10.2. The third kappa shape index (κ3) is 2.64. The quantitative estimate of drug-likeness (QED) is 0.737. The van der Waals surface area contributed by atoms with Crippen molar-refractivity contribution in [3.63, 3.8) is 0 Å². The molecule has 0 saturated carbocycles. The van der Waals surface area contributed by atoms with Crippen LogP contribution in [0.1, 0.15) is 5.56 Å². The van der Waals surface area contributed by atoms with Gasteiger partial charge in [-0.2, -0.15) is 5.10 Å². The molecule has 0 saturated heterocycles. The first-order valence-electron chi connectivity index (χ1n) is 6.36. The second-order valence-electron chi connectivity index (χ2n) is 4.63. The third-order valence-corrected chi connectivity index (χ3v) is 2.97. The molecule has 3 aromatic rings. The van der Waals surface area contributed by atoms with Gasteiger partial charge in [0.1, 0.15) is 5.75 Å². The molecule has 0 atom stereocenters. The predicted molar refractivity (Wildman–Crippen MR) is 79.2 cm³/mol. The summed E-state index contributed by atoms with van der Waals surface area (Å²) in [5.41, 5.74) is 8.58. The van der Waals surface area contributed by atoms with Crippen LogP contribution in [0.25, 0.3) is 5.69 Å². The van der Waals surface area contributed by atoms with Gasteiger partial charge in [0.25, 0.3) is 0 Å². The van der Waals surface area contributed by atoms with E-state index >= 15 is 0 Å². The summed E-state index contributed by atoms with van der Waals surface area (Å²) in [5.74, 6) is 1.43. The van der Waals surface area contributed by atoms with Crippen molar-refractivity contribution >= 4 is 5.69 Å². The van der Waals surface area contributed by atoms with Crippen molar-refractivity contribution in [2.45, 2.75) is 6.92 Å². The normalized spacial score (nSPS) is 10.4. The summed E-state index contributed by atoms with van der Waals surface area (Å²) < 4.78 is 7.50. The first-order valence-corrected chi connectivity index (χ1v) is 6.36. The van der Waals surface area contributed by atoms with Gasteiger partial charge in [-0.3, -0.25) is 0 Å². The zero-order chi connectivity index (χ0) is 13.9. The highest BCUT2D eigenvalue weighted by Crippen LogP contribution is 2.22. The standard InChI is InChI=1S/C16H15N3O/c1-12-2-6-14(7-3-12)19-11-16(10-18-19)20-15-8-4-13(17)5-9-15/h2-11H,17H2,1H3. The van der Waals surface area contributed by atoms with Gasteiger partial charge >= 0.3 is 0 Å². The zero-order valence-electron chi connectivity index (χ0n) is 11.2. The zero-order valence-corrected chi connectivity index (χ0v) is 11.2. The summed E-state index contributed by atoms with van der Waals surface area (Å²) >= 11 is 0. The number of hydrogen-bond acceptors (Lipinski definition) is 3. The lowest BCUT2D eigenvalue weighted by Crippen LogP contribution is -1.93. The van der Waals surface area contributed by atoms with Gasteiger partial charge in [0, 0.05) is 5.69 Å². The molecule has 0 aliphatic carbocycles. The maximum Gasteiger partial charge on any atom is 0.165 e. The Morgan fingerprint density at radius 2 is 1.65 bits per heavy atom. The van der Waals surface area contributed by atoms with Crippen molar-refractivity contribution in [3.8, 4) is 17.2 Å². The van der Waals surface area contributed by atoms with Gasteiger partial charge in [0.05, 0.1) is 18.1 Å². The highest BCUT2D eigenvalue weighted by Gasteiger charge is 2.03. The lowest BCUT2D eigenvalue weighted by molar-refractivity contribution is 0.482. The van der Waals surface area contributed by atoms with Gasteiger partial charge < -0.3 is 10.5 Å². The Morgan fingerprint density at radius 1 is 0.950 bits per heavy atom. The molecule has 20 heavy (non-hydrogen) atoms. The molecule has 100 valence electrons. The van der Waals surface area contributed by atoms with Crippen molar-refractivity contribution in [1.82, 2.24) is 9.78 Å². The Balaban J connectivity index is 1.80. The molecule has 0 unspecified atom stereocenters. The third-order valence-electron chi connectivity index (χ3n) is 2.97. The fraction of sp³-hybridized carbons (Fsp3) is 0.0625. The molecule has 4 nitrogen and oxygen atoms in total. The SMILES string of the molecule is Cc1ccc(-n2cc(Oc3ccc(N)cc3)cn2)cc1. The minimum atomic E-state index is 0.690. The fourth-order valence-corrected chi connectivity index (χ4v) is 1.87. The Morgan fingerprint density at radius 3 is 2.35 bits per heavy atom. The molecule has 0 spiro atoms. The van der Waals surface area contributed by atoms with Gasteiger partial charge in [-0.05, 0) is 43.3 Å². The summed E-state index contributed by atoms with van der Waals surface area (Å²) in [7, 11) is 0.